The van der Waals surface area contributed by atoms with Gasteiger partial charge in [0.05, 0.1) is 6.10 Å². The van der Waals surface area contributed by atoms with E-state index < -0.39 is 0 Å². The molecule has 4 fully saturated rings. The molecule has 0 radical (unpaired) electrons. The molecule has 10 unspecified atom stereocenters. The molecular formula is C26H46N4O3. The Morgan fingerprint density at radius 3 is 2.52 bits per heavy atom. The zero-order valence-electron chi connectivity index (χ0n) is 21.3. The minimum Gasteiger partial charge on any atom is -0.381 e. The van der Waals surface area contributed by atoms with Crippen molar-refractivity contribution in [3.05, 3.63) is 0 Å². The summed E-state index contributed by atoms with van der Waals surface area (Å²) in [5.41, 5.74) is 0. The Balaban J connectivity index is 1.33. The number of carbonyl (C=O) groups is 2. The molecule has 33 heavy (non-hydrogen) atoms. The lowest BCUT2D eigenvalue weighted by atomic mass is 9.65. The molecule has 10 atom stereocenters. The first kappa shape index (κ1) is 24.8. The van der Waals surface area contributed by atoms with E-state index in [4.69, 9.17) is 4.74 Å². The van der Waals surface area contributed by atoms with Crippen LogP contribution in [0.3, 0.4) is 0 Å². The van der Waals surface area contributed by atoms with Crippen molar-refractivity contribution in [2.75, 3.05) is 20.7 Å². The topological polar surface area (TPSA) is 82.7 Å². The number of likely N-dealkylation sites (tertiary alicyclic amines) is 1. The van der Waals surface area contributed by atoms with Gasteiger partial charge in [-0.1, -0.05) is 13.8 Å². The summed E-state index contributed by atoms with van der Waals surface area (Å²) in [6, 6.07) is 1.17. The SMILES string of the molecule is COC1CCC(NC(=O)NC2CCC(C)C(C3CC4CNC(C)CC4N(C)C3=O)C2)C(C)C1. The molecule has 3 amide bonds. The fourth-order valence-corrected chi connectivity index (χ4v) is 7.27. The van der Waals surface area contributed by atoms with Gasteiger partial charge >= 0.3 is 6.03 Å². The van der Waals surface area contributed by atoms with E-state index in [2.05, 4.69) is 41.6 Å². The monoisotopic (exact) mass is 462 g/mol. The summed E-state index contributed by atoms with van der Waals surface area (Å²) >= 11 is 0. The molecule has 4 aliphatic rings. The largest absolute Gasteiger partial charge is 0.381 e. The number of carbonyl (C=O) groups excluding carboxylic acids is 2. The summed E-state index contributed by atoms with van der Waals surface area (Å²) in [5, 5.41) is 10.1. The molecule has 2 saturated carbocycles. The number of hydrogen-bond donors (Lipinski definition) is 3. The van der Waals surface area contributed by atoms with E-state index in [1.165, 1.54) is 0 Å². The molecule has 0 spiro atoms. The first-order valence-corrected chi connectivity index (χ1v) is 13.4. The lowest BCUT2D eigenvalue weighted by molar-refractivity contribution is -0.148. The average Bonchev–Trinajstić information content (AvgIpc) is 2.79. The zero-order valence-corrected chi connectivity index (χ0v) is 21.3. The number of rotatable bonds is 4. The number of amides is 3. The quantitative estimate of drug-likeness (QED) is 0.599. The maximum absolute atomic E-state index is 13.4. The molecule has 7 heteroatoms. The van der Waals surface area contributed by atoms with Gasteiger partial charge in [-0.3, -0.25) is 4.79 Å². The lowest BCUT2D eigenvalue weighted by Crippen LogP contribution is -2.60. The summed E-state index contributed by atoms with van der Waals surface area (Å²) in [6.07, 6.45) is 8.30. The molecule has 0 bridgehead atoms. The van der Waals surface area contributed by atoms with Crippen molar-refractivity contribution < 1.29 is 14.3 Å². The van der Waals surface area contributed by atoms with Crippen LogP contribution in [-0.2, 0) is 9.53 Å². The predicted molar refractivity (Wildman–Crippen MR) is 130 cm³/mol. The summed E-state index contributed by atoms with van der Waals surface area (Å²) in [6.45, 7) is 7.73. The maximum Gasteiger partial charge on any atom is 0.315 e. The van der Waals surface area contributed by atoms with E-state index in [0.717, 1.165) is 57.9 Å². The van der Waals surface area contributed by atoms with Gasteiger partial charge in [0, 0.05) is 50.8 Å². The number of hydrogen-bond acceptors (Lipinski definition) is 4. The fourth-order valence-electron chi connectivity index (χ4n) is 7.27. The molecule has 7 nitrogen and oxygen atoms in total. The van der Waals surface area contributed by atoms with Crippen molar-refractivity contribution >= 4 is 11.9 Å². The van der Waals surface area contributed by atoms with Crippen LogP contribution in [0, 0.1) is 29.6 Å². The summed E-state index contributed by atoms with van der Waals surface area (Å²) < 4.78 is 5.51. The van der Waals surface area contributed by atoms with Gasteiger partial charge in [-0.15, -0.1) is 0 Å². The van der Waals surface area contributed by atoms with Gasteiger partial charge < -0.3 is 25.6 Å². The van der Waals surface area contributed by atoms with Gasteiger partial charge in [-0.25, -0.2) is 4.79 Å². The Hall–Kier alpha value is -1.34. The average molecular weight is 463 g/mol. The highest BCUT2D eigenvalue weighted by Crippen LogP contribution is 2.43. The standard InChI is InChI=1S/C26H46N4O3/c1-15-6-7-19(28-26(32)29-23-9-8-20(33-5)10-16(23)2)13-21(15)22-12-18-14-27-17(3)11-24(18)30(4)25(22)31/h15-24,27H,6-14H2,1-5H3,(H2,28,29,32). The van der Waals surface area contributed by atoms with Crippen molar-refractivity contribution in [3.8, 4) is 0 Å². The highest BCUT2D eigenvalue weighted by Gasteiger charge is 2.47. The van der Waals surface area contributed by atoms with Crippen LogP contribution >= 0.6 is 0 Å². The molecule has 0 aromatic carbocycles. The van der Waals surface area contributed by atoms with Crippen LogP contribution in [-0.4, -0.2) is 67.8 Å². The second-order valence-electron chi connectivity index (χ2n) is 11.7. The lowest BCUT2D eigenvalue weighted by Gasteiger charge is -2.50. The highest BCUT2D eigenvalue weighted by molar-refractivity contribution is 5.80. The third kappa shape index (κ3) is 5.50. The number of fused-ring (bicyclic) bond motifs is 1. The van der Waals surface area contributed by atoms with Gasteiger partial charge in [0.2, 0.25) is 5.91 Å². The Morgan fingerprint density at radius 1 is 1.00 bits per heavy atom. The normalized spacial score (nSPS) is 44.2. The Bertz CT molecular complexity index is 703. The van der Waals surface area contributed by atoms with Crippen molar-refractivity contribution in [2.45, 2.75) is 102 Å². The van der Waals surface area contributed by atoms with Crippen LogP contribution in [0.25, 0.3) is 0 Å². The van der Waals surface area contributed by atoms with Crippen molar-refractivity contribution in [1.82, 2.24) is 20.9 Å². The summed E-state index contributed by atoms with van der Waals surface area (Å²) in [4.78, 5) is 28.3. The van der Waals surface area contributed by atoms with Crippen LogP contribution in [0.4, 0.5) is 4.79 Å². The third-order valence-electron chi connectivity index (χ3n) is 9.47. The second-order valence-corrected chi connectivity index (χ2v) is 11.7. The van der Waals surface area contributed by atoms with Crippen molar-refractivity contribution in [2.24, 2.45) is 29.6 Å². The smallest absolute Gasteiger partial charge is 0.315 e. The minimum absolute atomic E-state index is 0.0429. The first-order chi connectivity index (χ1) is 15.8. The van der Waals surface area contributed by atoms with Crippen LogP contribution in [0.5, 0.6) is 0 Å². The Labute approximate surface area is 200 Å². The zero-order chi connectivity index (χ0) is 23.7. The highest BCUT2D eigenvalue weighted by atomic mass is 16.5. The first-order valence-electron chi connectivity index (χ1n) is 13.4. The molecule has 3 N–H and O–H groups in total. The third-order valence-corrected chi connectivity index (χ3v) is 9.47. The van der Waals surface area contributed by atoms with Crippen molar-refractivity contribution in [1.29, 1.82) is 0 Å². The van der Waals surface area contributed by atoms with Crippen LogP contribution < -0.4 is 16.0 Å². The Morgan fingerprint density at radius 2 is 1.79 bits per heavy atom. The number of methoxy groups -OCH3 is 1. The molecule has 2 heterocycles. The second kappa shape index (κ2) is 10.5. The maximum atomic E-state index is 13.4. The number of urea groups is 1. The predicted octanol–water partition coefficient (Wildman–Crippen LogP) is 3.14. The van der Waals surface area contributed by atoms with E-state index in [1.54, 1.807) is 7.11 Å². The van der Waals surface area contributed by atoms with E-state index in [0.29, 0.717) is 47.8 Å². The molecular weight excluding hydrogens is 416 g/mol. The number of nitrogens with one attached hydrogen (secondary N) is 3. The van der Waals surface area contributed by atoms with Gasteiger partial charge in [-0.2, -0.15) is 0 Å². The minimum atomic E-state index is -0.0429. The van der Waals surface area contributed by atoms with E-state index in [1.807, 2.05) is 7.05 Å². The molecule has 0 aromatic rings. The molecule has 0 aromatic heterocycles. The van der Waals surface area contributed by atoms with Gasteiger partial charge in [0.15, 0.2) is 0 Å². The van der Waals surface area contributed by atoms with E-state index in [-0.39, 0.29) is 24.0 Å². The molecule has 2 saturated heterocycles. The summed E-state index contributed by atoms with van der Waals surface area (Å²) in [7, 11) is 3.79. The number of piperidine rings is 2. The Kier molecular flexibility index (Phi) is 7.89. The fraction of sp³-hybridized carbons (Fsp3) is 0.923. The van der Waals surface area contributed by atoms with E-state index >= 15 is 0 Å². The molecule has 2 aliphatic carbocycles. The number of nitrogens with zero attached hydrogens (tertiary/aromatic N) is 1. The van der Waals surface area contributed by atoms with Crippen LogP contribution in [0.15, 0.2) is 0 Å². The summed E-state index contributed by atoms with van der Waals surface area (Å²) in [5.74, 6) is 2.24. The molecule has 2 aliphatic heterocycles. The van der Waals surface area contributed by atoms with Gasteiger partial charge in [-0.05, 0) is 82.0 Å². The van der Waals surface area contributed by atoms with Crippen LogP contribution in [0.2, 0.25) is 0 Å². The van der Waals surface area contributed by atoms with Gasteiger partial charge in [0.1, 0.15) is 0 Å². The van der Waals surface area contributed by atoms with E-state index in [9.17, 15) is 9.59 Å². The molecule has 188 valence electrons. The van der Waals surface area contributed by atoms with Crippen molar-refractivity contribution in [3.63, 3.8) is 0 Å². The van der Waals surface area contributed by atoms with Gasteiger partial charge in [0.25, 0.3) is 0 Å². The molecule has 4 rings (SSSR count). The van der Waals surface area contributed by atoms with Crippen LogP contribution in [0.1, 0.15) is 72.1 Å². The number of ether oxygens (including phenoxy) is 1.